The molecule has 1 saturated carbocycles. The number of hydrogen-bond acceptors (Lipinski definition) is 0. The maximum Gasteiger partial charge on any atom is 0.00324 e. The molecule has 0 radical (unpaired) electrons. The molecular formula is C24H40. The molecule has 0 unspecified atom stereocenters. The third-order valence-electron chi connectivity index (χ3n) is 7.36. The van der Waals surface area contributed by atoms with E-state index in [0.29, 0.717) is 10.8 Å². The summed E-state index contributed by atoms with van der Waals surface area (Å²) in [5.74, 6) is 1.87. The molecule has 0 nitrogen and oxygen atoms in total. The van der Waals surface area contributed by atoms with Crippen LogP contribution in [0.2, 0.25) is 0 Å². The molecule has 136 valence electrons. The van der Waals surface area contributed by atoms with E-state index in [0.717, 1.165) is 11.8 Å². The molecule has 0 aromatic heterocycles. The fourth-order valence-electron chi connectivity index (χ4n) is 6.50. The molecule has 0 bridgehead atoms. The van der Waals surface area contributed by atoms with Crippen molar-refractivity contribution in [2.45, 2.75) is 105 Å². The molecule has 3 rings (SSSR count). The van der Waals surface area contributed by atoms with Crippen LogP contribution in [0.1, 0.15) is 105 Å². The summed E-state index contributed by atoms with van der Waals surface area (Å²) in [6.07, 6.45) is 22.3. The predicted molar refractivity (Wildman–Crippen MR) is 106 cm³/mol. The smallest absolute Gasteiger partial charge is 0.00324 e. The second-order valence-corrected chi connectivity index (χ2v) is 8.94. The Balaban J connectivity index is 1.81. The zero-order valence-corrected chi connectivity index (χ0v) is 16.8. The van der Waals surface area contributed by atoms with Gasteiger partial charge in [0, 0.05) is 10.8 Å². The topological polar surface area (TPSA) is 0 Å². The lowest BCUT2D eigenvalue weighted by Crippen LogP contribution is -2.72. The fourth-order valence-corrected chi connectivity index (χ4v) is 6.50. The normalized spacial score (nSPS) is 35.8. The van der Waals surface area contributed by atoms with Gasteiger partial charge in [-0.05, 0) is 50.4 Å². The third-order valence-corrected chi connectivity index (χ3v) is 7.36. The first kappa shape index (κ1) is 18.3. The van der Waals surface area contributed by atoms with Crippen LogP contribution in [0.4, 0.5) is 0 Å². The Hall–Kier alpha value is -0.520. The van der Waals surface area contributed by atoms with E-state index in [9.17, 15) is 0 Å². The molecule has 0 spiro atoms. The summed E-state index contributed by atoms with van der Waals surface area (Å²) in [5.41, 5.74) is 4.91. The molecule has 3 aliphatic carbocycles. The van der Waals surface area contributed by atoms with Gasteiger partial charge in [-0.25, -0.2) is 0 Å². The summed E-state index contributed by atoms with van der Waals surface area (Å²) >= 11 is 0. The molecule has 1 fully saturated rings. The standard InChI is InChI=1S/C24H40/c1-5-9-13-19-17-23(15-11-7-3)21(19)24(16-12-8-4)18-20(22(23)24)14-10-6-2/h17-18,21-22H,5-16H2,1-4H3. The van der Waals surface area contributed by atoms with Gasteiger partial charge in [-0.15, -0.1) is 0 Å². The van der Waals surface area contributed by atoms with Gasteiger partial charge >= 0.3 is 0 Å². The van der Waals surface area contributed by atoms with E-state index < -0.39 is 0 Å². The van der Waals surface area contributed by atoms with Crippen LogP contribution in [0.5, 0.6) is 0 Å². The van der Waals surface area contributed by atoms with Crippen molar-refractivity contribution in [3.63, 3.8) is 0 Å². The van der Waals surface area contributed by atoms with Gasteiger partial charge in [-0.3, -0.25) is 0 Å². The predicted octanol–water partition coefficient (Wildman–Crippen LogP) is 7.85. The largest absolute Gasteiger partial charge is 0.0775 e. The Bertz CT molecular complexity index is 438. The molecule has 0 atom stereocenters. The van der Waals surface area contributed by atoms with E-state index in [1.807, 2.05) is 11.1 Å². The van der Waals surface area contributed by atoms with Crippen LogP contribution in [-0.4, -0.2) is 0 Å². The highest BCUT2D eigenvalue weighted by molar-refractivity contribution is 5.54. The lowest BCUT2D eigenvalue weighted by molar-refractivity contribution is -0.166. The van der Waals surface area contributed by atoms with Crippen molar-refractivity contribution < 1.29 is 0 Å². The van der Waals surface area contributed by atoms with E-state index in [2.05, 4.69) is 39.8 Å². The molecule has 3 aliphatic rings. The summed E-state index contributed by atoms with van der Waals surface area (Å²) in [4.78, 5) is 0. The van der Waals surface area contributed by atoms with Crippen LogP contribution >= 0.6 is 0 Å². The van der Waals surface area contributed by atoms with Crippen LogP contribution in [0.3, 0.4) is 0 Å². The van der Waals surface area contributed by atoms with Gasteiger partial charge in [-0.1, -0.05) is 89.5 Å². The molecular weight excluding hydrogens is 288 g/mol. The monoisotopic (exact) mass is 328 g/mol. The number of hydrogen-bond donors (Lipinski definition) is 0. The molecule has 0 N–H and O–H groups in total. The molecule has 0 saturated heterocycles. The Kier molecular flexibility index (Phi) is 5.62. The zero-order chi connectivity index (χ0) is 17.2. The molecule has 0 heteroatoms. The summed E-state index contributed by atoms with van der Waals surface area (Å²) < 4.78 is 0. The van der Waals surface area contributed by atoms with Gasteiger partial charge in [0.25, 0.3) is 0 Å². The highest BCUT2D eigenvalue weighted by Gasteiger charge is 2.76. The minimum atomic E-state index is 0.602. The minimum absolute atomic E-state index is 0.602. The van der Waals surface area contributed by atoms with Crippen LogP contribution in [0, 0.1) is 22.7 Å². The number of fused-ring (bicyclic) bond motifs is 4. The first-order valence-corrected chi connectivity index (χ1v) is 11.1. The summed E-state index contributed by atoms with van der Waals surface area (Å²) in [7, 11) is 0. The Morgan fingerprint density at radius 3 is 1.33 bits per heavy atom. The Morgan fingerprint density at radius 2 is 1.00 bits per heavy atom. The van der Waals surface area contributed by atoms with Crippen molar-refractivity contribution >= 4 is 0 Å². The molecule has 0 aromatic rings. The van der Waals surface area contributed by atoms with Gasteiger partial charge in [-0.2, -0.15) is 0 Å². The van der Waals surface area contributed by atoms with Gasteiger partial charge in [0.05, 0.1) is 0 Å². The second kappa shape index (κ2) is 7.38. The fraction of sp³-hybridized carbons (Fsp3) is 0.833. The van der Waals surface area contributed by atoms with E-state index in [-0.39, 0.29) is 0 Å². The maximum atomic E-state index is 2.79. The lowest BCUT2D eigenvalue weighted by atomic mass is 9.25. The quantitative estimate of drug-likeness (QED) is 0.320. The summed E-state index contributed by atoms with van der Waals surface area (Å²) in [6.45, 7) is 9.41. The van der Waals surface area contributed by atoms with Crippen molar-refractivity contribution in [3.8, 4) is 0 Å². The van der Waals surface area contributed by atoms with Crippen LogP contribution < -0.4 is 0 Å². The van der Waals surface area contributed by atoms with Gasteiger partial charge in [0.2, 0.25) is 0 Å². The van der Waals surface area contributed by atoms with E-state index >= 15 is 0 Å². The minimum Gasteiger partial charge on any atom is -0.0775 e. The van der Waals surface area contributed by atoms with E-state index in [1.54, 1.807) is 0 Å². The molecule has 0 aliphatic heterocycles. The number of unbranched alkanes of at least 4 members (excludes halogenated alkanes) is 4. The maximum absolute atomic E-state index is 2.79. The molecule has 0 amide bonds. The van der Waals surface area contributed by atoms with Crippen molar-refractivity contribution in [2.24, 2.45) is 22.7 Å². The van der Waals surface area contributed by atoms with E-state index in [4.69, 9.17) is 0 Å². The highest BCUT2D eigenvalue weighted by atomic mass is 14.8. The van der Waals surface area contributed by atoms with Crippen molar-refractivity contribution in [1.29, 1.82) is 0 Å². The van der Waals surface area contributed by atoms with Crippen LogP contribution in [-0.2, 0) is 0 Å². The second-order valence-electron chi connectivity index (χ2n) is 8.94. The SMILES string of the molecule is CCCCC1=CC2(CCCC)C1C1(CCCC)C=C(CCCC)C21. The first-order chi connectivity index (χ1) is 11.7. The average molecular weight is 329 g/mol. The number of rotatable bonds is 12. The van der Waals surface area contributed by atoms with Crippen LogP contribution in [0.25, 0.3) is 0 Å². The summed E-state index contributed by atoms with van der Waals surface area (Å²) in [5, 5.41) is 0. The van der Waals surface area contributed by atoms with Gasteiger partial charge in [0.1, 0.15) is 0 Å². The van der Waals surface area contributed by atoms with Crippen LogP contribution in [0.15, 0.2) is 23.3 Å². The van der Waals surface area contributed by atoms with Gasteiger partial charge < -0.3 is 0 Å². The third kappa shape index (κ3) is 2.55. The summed E-state index contributed by atoms with van der Waals surface area (Å²) in [6, 6.07) is 0. The van der Waals surface area contributed by atoms with Gasteiger partial charge in [0.15, 0.2) is 0 Å². The van der Waals surface area contributed by atoms with Crippen molar-refractivity contribution in [1.82, 2.24) is 0 Å². The highest BCUT2D eigenvalue weighted by Crippen LogP contribution is 2.83. The molecule has 0 aromatic carbocycles. The lowest BCUT2D eigenvalue weighted by Gasteiger charge is -2.78. The average Bonchev–Trinajstić information content (AvgIpc) is 2.56. The van der Waals surface area contributed by atoms with E-state index in [1.165, 1.54) is 77.0 Å². The van der Waals surface area contributed by atoms with Crippen molar-refractivity contribution in [3.05, 3.63) is 23.3 Å². The van der Waals surface area contributed by atoms with Crippen molar-refractivity contribution in [2.75, 3.05) is 0 Å². The Morgan fingerprint density at radius 1 is 0.625 bits per heavy atom. The Labute approximate surface area is 151 Å². The zero-order valence-electron chi connectivity index (χ0n) is 16.8. The first-order valence-electron chi connectivity index (χ1n) is 11.1. The number of allylic oxidation sites excluding steroid dienone is 4. The molecule has 0 heterocycles. The molecule has 24 heavy (non-hydrogen) atoms.